The van der Waals surface area contributed by atoms with Crippen LogP contribution in [0.3, 0.4) is 0 Å². The van der Waals surface area contributed by atoms with Crippen molar-refractivity contribution in [2.24, 2.45) is 11.8 Å². The van der Waals surface area contributed by atoms with E-state index in [-0.39, 0.29) is 31.6 Å². The van der Waals surface area contributed by atoms with Crippen LogP contribution in [-0.2, 0) is 19.1 Å². The van der Waals surface area contributed by atoms with Gasteiger partial charge in [0.2, 0.25) is 5.91 Å². The van der Waals surface area contributed by atoms with Crippen LogP contribution in [0.25, 0.3) is 0 Å². The monoisotopic (exact) mass is 594 g/mol. The summed E-state index contributed by atoms with van der Waals surface area (Å²) < 4.78 is 4.20. The number of aliphatic hydroxyl groups is 1. The molecule has 0 saturated carbocycles. The smallest absolute Gasteiger partial charge is 0.311 e. The molecule has 6 atom stereocenters. The fraction of sp³-hybridized carbons (Fsp3) is 0.406. The van der Waals surface area contributed by atoms with Gasteiger partial charge in [0.15, 0.2) is 0 Å². The number of benzene rings is 2. The minimum Gasteiger partial charge on any atom is -0.465 e. The summed E-state index contributed by atoms with van der Waals surface area (Å²) in [6.07, 6.45) is 5.04. The van der Waals surface area contributed by atoms with Gasteiger partial charge in [0, 0.05) is 11.3 Å². The van der Waals surface area contributed by atoms with Crippen LogP contribution in [0.2, 0.25) is 5.02 Å². The molecule has 0 aliphatic carbocycles. The first-order valence-corrected chi connectivity index (χ1v) is 15.1. The third-order valence-corrected chi connectivity index (χ3v) is 11.0. The number of halogens is 1. The number of thioether (sulfide) groups is 1. The number of para-hydroxylation sites is 1. The predicted octanol–water partition coefficient (Wildman–Crippen LogP) is 5.19. The summed E-state index contributed by atoms with van der Waals surface area (Å²) >= 11 is 8.13. The van der Waals surface area contributed by atoms with Crippen LogP contribution >= 0.6 is 23.4 Å². The van der Waals surface area contributed by atoms with Gasteiger partial charge < -0.3 is 19.6 Å². The van der Waals surface area contributed by atoms with Crippen LogP contribution in [0.15, 0.2) is 79.9 Å². The minimum absolute atomic E-state index is 0.173. The summed E-state index contributed by atoms with van der Waals surface area (Å²) in [5.74, 6) is -2.55. The molecule has 3 heterocycles. The predicted molar refractivity (Wildman–Crippen MR) is 162 cm³/mol. The molecule has 3 saturated heterocycles. The molecule has 2 bridgehead atoms. The van der Waals surface area contributed by atoms with Gasteiger partial charge in [0.05, 0.1) is 46.5 Å². The highest BCUT2D eigenvalue weighted by Crippen LogP contribution is 2.72. The first-order valence-electron chi connectivity index (χ1n) is 13.9. The van der Waals surface area contributed by atoms with Crippen molar-refractivity contribution < 1.29 is 24.2 Å². The summed E-state index contributed by atoms with van der Waals surface area (Å²) in [6, 6.07) is 14.5. The fourth-order valence-electron chi connectivity index (χ4n) is 6.95. The standard InChI is InChI=1S/C32H35ClN2O5S/c1-4-6-19-40-30(39)26-25-28(37)35(24(20-36)21-12-8-7-9-13-21)27(32(25)17-16-31(26,3)41-32)29(38)34(18-5-2)23-15-11-10-14-22(23)33/h4-5,7-15,24-27,36H,1-2,6,16-20H2,3H3/t24-,25+,26-,27?,31+,32?/m1/s1. The zero-order chi connectivity index (χ0) is 29.4. The molecule has 0 radical (unpaired) electrons. The number of aliphatic hydroxyl groups excluding tert-OH is 1. The van der Waals surface area contributed by atoms with Crippen LogP contribution in [0.4, 0.5) is 5.69 Å². The Balaban J connectivity index is 1.65. The van der Waals surface area contributed by atoms with Gasteiger partial charge in [-0.1, -0.05) is 66.2 Å². The first kappa shape index (κ1) is 29.4. The Hall–Kier alpha value is -3.07. The van der Waals surface area contributed by atoms with Crippen molar-refractivity contribution in [1.29, 1.82) is 0 Å². The van der Waals surface area contributed by atoms with E-state index in [1.165, 1.54) is 4.90 Å². The number of rotatable bonds is 11. The number of anilines is 1. The lowest BCUT2D eigenvalue weighted by atomic mass is 9.66. The van der Waals surface area contributed by atoms with Crippen molar-refractivity contribution in [2.75, 3.05) is 24.7 Å². The van der Waals surface area contributed by atoms with Gasteiger partial charge in [-0.3, -0.25) is 14.4 Å². The highest BCUT2D eigenvalue weighted by Gasteiger charge is 2.78. The average Bonchev–Trinajstić information content (AvgIpc) is 3.54. The Morgan fingerprint density at radius 1 is 1.17 bits per heavy atom. The van der Waals surface area contributed by atoms with Crippen LogP contribution in [-0.4, -0.2) is 63.1 Å². The fourth-order valence-corrected chi connectivity index (χ4v) is 9.52. The van der Waals surface area contributed by atoms with Crippen molar-refractivity contribution in [1.82, 2.24) is 4.90 Å². The Kier molecular flexibility index (Phi) is 8.37. The molecule has 5 rings (SSSR count). The molecule has 1 N–H and O–H groups in total. The molecule has 2 aromatic rings. The Morgan fingerprint density at radius 3 is 2.54 bits per heavy atom. The van der Waals surface area contributed by atoms with Crippen LogP contribution in [0.5, 0.6) is 0 Å². The van der Waals surface area contributed by atoms with Gasteiger partial charge in [-0.25, -0.2) is 0 Å². The minimum atomic E-state index is -0.952. The number of hydrogen-bond donors (Lipinski definition) is 1. The third-order valence-electron chi connectivity index (χ3n) is 8.68. The summed E-state index contributed by atoms with van der Waals surface area (Å²) in [5.41, 5.74) is 1.22. The number of esters is 1. The second-order valence-electron chi connectivity index (χ2n) is 11.0. The van der Waals surface area contributed by atoms with Gasteiger partial charge in [-0.2, -0.15) is 0 Å². The number of ether oxygens (including phenoxy) is 1. The quantitative estimate of drug-likeness (QED) is 0.219. The van der Waals surface area contributed by atoms with Crippen molar-refractivity contribution >= 4 is 46.8 Å². The van der Waals surface area contributed by atoms with E-state index in [2.05, 4.69) is 13.2 Å². The topological polar surface area (TPSA) is 87.1 Å². The van der Waals surface area contributed by atoms with E-state index in [4.69, 9.17) is 16.3 Å². The van der Waals surface area contributed by atoms with E-state index in [1.54, 1.807) is 53.1 Å². The Bertz CT molecular complexity index is 1350. The second-order valence-corrected chi connectivity index (χ2v) is 13.3. The van der Waals surface area contributed by atoms with E-state index >= 15 is 0 Å². The number of fused-ring (bicyclic) bond motifs is 1. The number of nitrogens with zero attached hydrogens (tertiary/aromatic N) is 2. The molecule has 2 unspecified atom stereocenters. The molecule has 2 aromatic carbocycles. The lowest BCUT2D eigenvalue weighted by molar-refractivity contribution is -0.156. The van der Waals surface area contributed by atoms with E-state index in [1.807, 2.05) is 37.3 Å². The Morgan fingerprint density at radius 2 is 1.88 bits per heavy atom. The molecule has 3 aliphatic heterocycles. The van der Waals surface area contributed by atoms with E-state index in [0.29, 0.717) is 35.5 Å². The zero-order valence-corrected chi connectivity index (χ0v) is 24.7. The van der Waals surface area contributed by atoms with Crippen LogP contribution in [0.1, 0.15) is 37.8 Å². The van der Waals surface area contributed by atoms with E-state index in [0.717, 1.165) is 0 Å². The summed E-state index contributed by atoms with van der Waals surface area (Å²) in [5, 5.41) is 11.1. The first-order chi connectivity index (χ1) is 19.7. The molecule has 216 valence electrons. The maximum atomic E-state index is 14.8. The van der Waals surface area contributed by atoms with Crippen molar-refractivity contribution in [3.8, 4) is 0 Å². The van der Waals surface area contributed by atoms with Gasteiger partial charge in [0.25, 0.3) is 5.91 Å². The second kappa shape index (κ2) is 11.7. The largest absolute Gasteiger partial charge is 0.465 e. The third kappa shape index (κ3) is 4.80. The van der Waals surface area contributed by atoms with Gasteiger partial charge in [-0.05, 0) is 43.9 Å². The van der Waals surface area contributed by atoms with E-state index < -0.39 is 39.4 Å². The number of amides is 2. The molecule has 7 nitrogen and oxygen atoms in total. The van der Waals surface area contributed by atoms with Gasteiger partial charge in [0.1, 0.15) is 6.04 Å². The Labute approximate surface area is 250 Å². The normalized spacial score (nSPS) is 28.7. The molecular formula is C32H35ClN2O5S. The molecule has 0 aromatic heterocycles. The zero-order valence-electron chi connectivity index (χ0n) is 23.1. The highest BCUT2D eigenvalue weighted by atomic mass is 35.5. The number of hydrogen-bond acceptors (Lipinski definition) is 6. The van der Waals surface area contributed by atoms with Crippen molar-refractivity contribution in [2.45, 2.75) is 47.8 Å². The number of carbonyl (C=O) groups is 3. The molecule has 3 aliphatic rings. The SMILES string of the molecule is C=CCCOC(=O)[C@H]1[C@H]2C(=O)N([C@H](CO)c3ccccc3)C(C(=O)N(CC=C)c3ccccc3Cl)C23CC[C@]1(C)S3. The van der Waals surface area contributed by atoms with Crippen LogP contribution in [0, 0.1) is 11.8 Å². The van der Waals surface area contributed by atoms with Gasteiger partial charge in [-0.15, -0.1) is 24.9 Å². The molecule has 9 heteroatoms. The van der Waals surface area contributed by atoms with E-state index in [9.17, 15) is 19.5 Å². The maximum absolute atomic E-state index is 14.8. The summed E-state index contributed by atoms with van der Waals surface area (Å²) in [7, 11) is 0. The average molecular weight is 595 g/mol. The van der Waals surface area contributed by atoms with Gasteiger partial charge >= 0.3 is 5.97 Å². The molecular weight excluding hydrogens is 560 g/mol. The number of likely N-dealkylation sites (tertiary alicyclic amines) is 1. The maximum Gasteiger partial charge on any atom is 0.311 e. The molecule has 2 amide bonds. The lowest BCUT2D eigenvalue weighted by Crippen LogP contribution is -2.56. The lowest BCUT2D eigenvalue weighted by Gasteiger charge is -2.40. The van der Waals surface area contributed by atoms with Crippen molar-refractivity contribution in [3.05, 3.63) is 90.5 Å². The highest BCUT2D eigenvalue weighted by molar-refractivity contribution is 8.02. The van der Waals surface area contributed by atoms with Crippen LogP contribution < -0.4 is 4.90 Å². The number of carbonyl (C=O) groups excluding carboxylic acids is 3. The summed E-state index contributed by atoms with van der Waals surface area (Å²) in [4.78, 5) is 46.1. The molecule has 3 fully saturated rings. The molecule has 1 spiro atoms. The summed E-state index contributed by atoms with van der Waals surface area (Å²) in [6.45, 7) is 9.53. The molecule has 41 heavy (non-hydrogen) atoms. The van der Waals surface area contributed by atoms with Crippen molar-refractivity contribution in [3.63, 3.8) is 0 Å².